The maximum atomic E-state index is 8.54. The summed E-state index contributed by atoms with van der Waals surface area (Å²) in [4.78, 5) is 0. The Balaban J connectivity index is 1.17. The predicted octanol–water partition coefficient (Wildman–Crippen LogP) is 13.7. The van der Waals surface area contributed by atoms with E-state index in [0.29, 0.717) is 17.7 Å². The van der Waals surface area contributed by atoms with Gasteiger partial charge in [-0.25, -0.2) is 0 Å². The van der Waals surface area contributed by atoms with Crippen LogP contribution < -0.4 is 0 Å². The third-order valence-electron chi connectivity index (χ3n) is 9.94. The Morgan fingerprint density at radius 3 is 1.71 bits per heavy atom. The van der Waals surface area contributed by atoms with Gasteiger partial charge in [0.2, 0.25) is 0 Å². The van der Waals surface area contributed by atoms with E-state index in [2.05, 4.69) is 121 Å². The molecule has 9 aromatic carbocycles. The number of fused-ring (bicyclic) bond motifs is 6. The van der Waals surface area contributed by atoms with Gasteiger partial charge in [0, 0.05) is 10.8 Å². The Hall–Kier alpha value is -6.44. The molecule has 0 spiro atoms. The highest BCUT2D eigenvalue weighted by Gasteiger charge is 2.19. The van der Waals surface area contributed by atoms with Crippen molar-refractivity contribution in [2.75, 3.05) is 0 Å². The Labute approximate surface area is 287 Å². The van der Waals surface area contributed by atoms with Crippen molar-refractivity contribution in [2.45, 2.75) is 0 Å². The molecule has 49 heavy (non-hydrogen) atoms. The fourth-order valence-corrected chi connectivity index (χ4v) is 7.73. The minimum absolute atomic E-state index is 0.393. The molecule has 1 heteroatoms. The van der Waals surface area contributed by atoms with Gasteiger partial charge in [0.05, 0.1) is 2.74 Å². The lowest BCUT2D eigenvalue weighted by atomic mass is 9.83. The van der Waals surface area contributed by atoms with Crippen molar-refractivity contribution in [1.29, 1.82) is 0 Å². The van der Waals surface area contributed by atoms with Gasteiger partial charge >= 0.3 is 0 Å². The van der Waals surface area contributed by atoms with Gasteiger partial charge in [-0.2, -0.15) is 0 Å². The van der Waals surface area contributed by atoms with E-state index in [-0.39, 0.29) is 0 Å². The second-order valence-corrected chi connectivity index (χ2v) is 12.6. The molecule has 1 nitrogen and oxygen atoms in total. The van der Waals surface area contributed by atoms with E-state index in [1.165, 1.54) is 43.8 Å². The Morgan fingerprint density at radius 2 is 0.959 bits per heavy atom. The number of benzene rings is 9. The predicted molar refractivity (Wildman–Crippen MR) is 208 cm³/mol. The van der Waals surface area contributed by atoms with Crippen LogP contribution in [0.25, 0.3) is 98.8 Å². The summed E-state index contributed by atoms with van der Waals surface area (Å²) in [5.41, 5.74) is 10.7. The van der Waals surface area contributed by atoms with Gasteiger partial charge in [-0.3, -0.25) is 0 Å². The van der Waals surface area contributed by atoms with E-state index in [0.717, 1.165) is 49.4 Å². The van der Waals surface area contributed by atoms with Gasteiger partial charge in [0.1, 0.15) is 11.2 Å². The van der Waals surface area contributed by atoms with Crippen LogP contribution >= 0.6 is 0 Å². The highest BCUT2D eigenvalue weighted by Crippen LogP contribution is 2.46. The molecule has 0 aliphatic rings. The first-order valence-electron chi connectivity index (χ1n) is 17.7. The summed E-state index contributed by atoms with van der Waals surface area (Å²) in [6.07, 6.45) is 0. The van der Waals surface area contributed by atoms with Crippen molar-refractivity contribution >= 4 is 54.3 Å². The molecule has 228 valence electrons. The largest absolute Gasteiger partial charge is 0.456 e. The van der Waals surface area contributed by atoms with E-state index in [9.17, 15) is 0 Å². The first kappa shape index (κ1) is 25.6. The topological polar surface area (TPSA) is 13.1 Å². The number of hydrogen-bond acceptors (Lipinski definition) is 1. The van der Waals surface area contributed by atoms with Gasteiger partial charge in [0.25, 0.3) is 0 Å². The molecular weight excluding hydrogens is 593 g/mol. The number of hydrogen-bond donors (Lipinski definition) is 0. The quantitative estimate of drug-likeness (QED) is 0.178. The SMILES string of the molecule is [2H]c1ccc2cc(-c3ccccc3-c3c4ccccc4c(-c4ccc(-c5ccc([2H])c6oc7ccccc7c56)cc4)c4ccccc34)ccc2c1. The van der Waals surface area contributed by atoms with Crippen molar-refractivity contribution in [3.63, 3.8) is 0 Å². The molecule has 1 aromatic heterocycles. The van der Waals surface area contributed by atoms with Crippen molar-refractivity contribution in [2.24, 2.45) is 0 Å². The summed E-state index contributed by atoms with van der Waals surface area (Å²) in [5, 5.41) is 9.04. The van der Waals surface area contributed by atoms with Gasteiger partial charge in [-0.1, -0.05) is 164 Å². The second-order valence-electron chi connectivity index (χ2n) is 12.6. The van der Waals surface area contributed by atoms with Crippen LogP contribution in [0.2, 0.25) is 0 Å². The summed E-state index contributed by atoms with van der Waals surface area (Å²) in [7, 11) is 0. The third kappa shape index (κ3) is 4.40. The zero-order chi connectivity index (χ0) is 34.1. The zero-order valence-electron chi connectivity index (χ0n) is 28.6. The van der Waals surface area contributed by atoms with Gasteiger partial charge in [-0.05, 0) is 95.0 Å². The monoisotopic (exact) mass is 624 g/mol. The van der Waals surface area contributed by atoms with E-state index >= 15 is 0 Å². The molecular formula is C48H30O. The smallest absolute Gasteiger partial charge is 0.136 e. The summed E-state index contributed by atoms with van der Waals surface area (Å²) >= 11 is 0. The molecule has 1 heterocycles. The van der Waals surface area contributed by atoms with Gasteiger partial charge in [-0.15, -0.1) is 0 Å². The Kier molecular flexibility index (Phi) is 5.79. The molecule has 10 aromatic rings. The summed E-state index contributed by atoms with van der Waals surface area (Å²) in [5.74, 6) is 0. The first-order valence-corrected chi connectivity index (χ1v) is 16.7. The van der Waals surface area contributed by atoms with Crippen LogP contribution in [-0.4, -0.2) is 0 Å². The van der Waals surface area contributed by atoms with Crippen molar-refractivity contribution in [3.8, 4) is 44.5 Å². The van der Waals surface area contributed by atoms with Crippen LogP contribution in [0.5, 0.6) is 0 Å². The van der Waals surface area contributed by atoms with Crippen molar-refractivity contribution in [3.05, 3.63) is 182 Å². The average Bonchev–Trinajstić information content (AvgIpc) is 3.58. The van der Waals surface area contributed by atoms with E-state index < -0.39 is 0 Å². The van der Waals surface area contributed by atoms with Gasteiger partial charge in [0.15, 0.2) is 0 Å². The molecule has 0 unspecified atom stereocenters. The first-order chi connectivity index (χ1) is 25.1. The number of para-hydroxylation sites is 1. The lowest BCUT2D eigenvalue weighted by Crippen LogP contribution is -1.93. The summed E-state index contributed by atoms with van der Waals surface area (Å²) in [6.45, 7) is 0. The van der Waals surface area contributed by atoms with Crippen LogP contribution in [0.15, 0.2) is 186 Å². The molecule has 0 fully saturated rings. The molecule has 0 atom stereocenters. The number of rotatable bonds is 4. The number of furan rings is 1. The maximum Gasteiger partial charge on any atom is 0.136 e. The molecule has 0 saturated carbocycles. The van der Waals surface area contributed by atoms with Crippen LogP contribution in [0, 0.1) is 0 Å². The normalized spacial score (nSPS) is 12.2. The van der Waals surface area contributed by atoms with E-state index in [4.69, 9.17) is 7.16 Å². The minimum atomic E-state index is 0.393. The van der Waals surface area contributed by atoms with Crippen LogP contribution in [0.3, 0.4) is 0 Å². The fourth-order valence-electron chi connectivity index (χ4n) is 7.73. The van der Waals surface area contributed by atoms with Crippen molar-refractivity contribution < 1.29 is 7.16 Å². The molecule has 0 bridgehead atoms. The highest BCUT2D eigenvalue weighted by atomic mass is 16.3. The van der Waals surface area contributed by atoms with Gasteiger partial charge < -0.3 is 4.42 Å². The van der Waals surface area contributed by atoms with Crippen LogP contribution in [0.1, 0.15) is 2.74 Å². The Morgan fingerprint density at radius 1 is 0.367 bits per heavy atom. The summed E-state index contributed by atoms with van der Waals surface area (Å²) < 4.78 is 22.8. The zero-order valence-corrected chi connectivity index (χ0v) is 26.6. The van der Waals surface area contributed by atoms with E-state index in [1.807, 2.05) is 48.5 Å². The van der Waals surface area contributed by atoms with Crippen molar-refractivity contribution in [1.82, 2.24) is 0 Å². The average molecular weight is 625 g/mol. The third-order valence-corrected chi connectivity index (χ3v) is 9.94. The molecule has 0 aliphatic heterocycles. The van der Waals surface area contributed by atoms with Crippen LogP contribution in [0.4, 0.5) is 0 Å². The second kappa shape index (κ2) is 11.1. The lowest BCUT2D eigenvalue weighted by Gasteiger charge is -2.20. The molecule has 10 rings (SSSR count). The molecule has 0 amide bonds. The highest BCUT2D eigenvalue weighted by molar-refractivity contribution is 6.22. The minimum Gasteiger partial charge on any atom is -0.456 e. The lowest BCUT2D eigenvalue weighted by molar-refractivity contribution is 0.669. The Bertz CT molecular complexity index is 2930. The van der Waals surface area contributed by atoms with E-state index in [1.54, 1.807) is 0 Å². The molecule has 0 N–H and O–H groups in total. The maximum absolute atomic E-state index is 8.54. The van der Waals surface area contributed by atoms with Crippen LogP contribution in [-0.2, 0) is 0 Å². The molecule has 0 radical (unpaired) electrons. The fraction of sp³-hybridized carbons (Fsp3) is 0. The standard InChI is InChI=1S/C48H30O/c1-2-13-34-30-35(29-24-31(34)12-1)36-14-3-4-15-38(36)47-41-18-7-5-16-39(41)46(40-17-6-8-19-42(40)47)33-27-25-32(26-28-33)37-21-11-23-45-48(37)43-20-9-10-22-44(43)49-45/h1-30H/i1D,23D. The molecule has 0 aliphatic carbocycles. The molecule has 0 saturated heterocycles. The summed E-state index contributed by atoms with van der Waals surface area (Å²) in [6, 6.07) is 60.3.